The highest BCUT2D eigenvalue weighted by atomic mass is 32.2. The fourth-order valence-electron chi connectivity index (χ4n) is 3.65. The molecule has 1 aliphatic heterocycles. The van der Waals surface area contributed by atoms with Crippen molar-refractivity contribution < 1.29 is 12.8 Å². The molecule has 6 nitrogen and oxygen atoms in total. The number of rotatable bonds is 5. The van der Waals surface area contributed by atoms with Crippen LogP contribution in [0.4, 0.5) is 5.69 Å². The molecule has 0 aliphatic carbocycles. The van der Waals surface area contributed by atoms with Crippen LogP contribution in [0.25, 0.3) is 11.0 Å². The fourth-order valence-corrected chi connectivity index (χ4v) is 5.17. The minimum Gasteiger partial charge on any atom is -0.423 e. The average molecular weight is 413 g/mol. The summed E-state index contributed by atoms with van der Waals surface area (Å²) in [5.41, 5.74) is 4.02. The molecule has 2 aromatic carbocycles. The average Bonchev–Trinajstić information content (AvgIpc) is 3.23. The summed E-state index contributed by atoms with van der Waals surface area (Å²) >= 11 is 0. The van der Waals surface area contributed by atoms with Crippen molar-refractivity contribution in [1.29, 1.82) is 0 Å². The second-order valence-electron chi connectivity index (χ2n) is 7.51. The van der Waals surface area contributed by atoms with Gasteiger partial charge in [-0.3, -0.25) is 0 Å². The van der Waals surface area contributed by atoms with E-state index in [-0.39, 0.29) is 5.63 Å². The summed E-state index contributed by atoms with van der Waals surface area (Å²) < 4.78 is 32.1. The van der Waals surface area contributed by atoms with E-state index >= 15 is 0 Å². The molecule has 0 atom stereocenters. The lowest BCUT2D eigenvalue weighted by molar-refractivity contribution is 0.477. The molecule has 0 bridgehead atoms. The number of hydrogen-bond acceptors (Lipinski definition) is 5. The highest BCUT2D eigenvalue weighted by Crippen LogP contribution is 2.24. The van der Waals surface area contributed by atoms with Crippen molar-refractivity contribution >= 4 is 26.7 Å². The van der Waals surface area contributed by atoms with Gasteiger partial charge in [0.05, 0.1) is 4.90 Å². The van der Waals surface area contributed by atoms with Gasteiger partial charge in [-0.2, -0.15) is 4.31 Å². The van der Waals surface area contributed by atoms with Crippen molar-refractivity contribution in [3.63, 3.8) is 0 Å². The van der Waals surface area contributed by atoms with E-state index in [1.54, 1.807) is 24.3 Å². The summed E-state index contributed by atoms with van der Waals surface area (Å²) in [5.74, 6) is 0. The minimum atomic E-state index is -3.41. The molecule has 1 aromatic heterocycles. The molecular weight excluding hydrogens is 388 g/mol. The van der Waals surface area contributed by atoms with E-state index in [4.69, 9.17) is 4.42 Å². The van der Waals surface area contributed by atoms with E-state index in [1.807, 2.05) is 26.0 Å². The third-order valence-electron chi connectivity index (χ3n) is 5.48. The minimum absolute atomic E-state index is 0.307. The standard InChI is InChI=1S/C22H24N2O4S/c1-15-11-20-17(13-22(25)28-21(20)12-16(15)2)14-23-18-5-7-19(8-6-18)29(26,27)24-9-3-4-10-24/h5-8,11-13,23H,3-4,9-10,14H2,1-2H3. The molecule has 3 aromatic rings. The summed E-state index contributed by atoms with van der Waals surface area (Å²) in [5, 5.41) is 4.17. The van der Waals surface area contributed by atoms with Crippen LogP contribution in [-0.4, -0.2) is 25.8 Å². The first-order valence-electron chi connectivity index (χ1n) is 9.73. The number of nitrogens with zero attached hydrogens (tertiary/aromatic N) is 1. The van der Waals surface area contributed by atoms with Gasteiger partial charge in [-0.15, -0.1) is 0 Å². The Morgan fingerprint density at radius 3 is 2.34 bits per heavy atom. The summed E-state index contributed by atoms with van der Waals surface area (Å²) in [6.07, 6.45) is 1.83. The Kier molecular flexibility index (Phi) is 5.19. The quantitative estimate of drug-likeness (QED) is 0.645. The van der Waals surface area contributed by atoms with Crippen molar-refractivity contribution in [3.8, 4) is 0 Å². The summed E-state index contributed by atoms with van der Waals surface area (Å²) in [6.45, 7) is 5.62. The maximum absolute atomic E-state index is 12.6. The van der Waals surface area contributed by atoms with Gasteiger partial charge < -0.3 is 9.73 Å². The topological polar surface area (TPSA) is 79.6 Å². The van der Waals surface area contributed by atoms with Gasteiger partial charge in [-0.1, -0.05) is 0 Å². The van der Waals surface area contributed by atoms with E-state index in [2.05, 4.69) is 5.32 Å². The molecule has 0 amide bonds. The number of hydrogen-bond donors (Lipinski definition) is 1. The molecule has 0 radical (unpaired) electrons. The van der Waals surface area contributed by atoms with Crippen molar-refractivity contribution in [1.82, 2.24) is 4.31 Å². The van der Waals surface area contributed by atoms with Crippen LogP contribution in [0.1, 0.15) is 29.5 Å². The molecule has 1 N–H and O–H groups in total. The summed E-state index contributed by atoms with van der Waals surface area (Å²) in [7, 11) is -3.41. The maximum atomic E-state index is 12.6. The zero-order chi connectivity index (χ0) is 20.6. The van der Waals surface area contributed by atoms with Crippen LogP contribution in [0.3, 0.4) is 0 Å². The van der Waals surface area contributed by atoms with Gasteiger partial charge in [0, 0.05) is 36.8 Å². The van der Waals surface area contributed by atoms with Crippen LogP contribution in [0.5, 0.6) is 0 Å². The van der Waals surface area contributed by atoms with Crippen LogP contribution >= 0.6 is 0 Å². The van der Waals surface area contributed by atoms with Gasteiger partial charge in [0.25, 0.3) is 0 Å². The third-order valence-corrected chi connectivity index (χ3v) is 7.40. The molecule has 4 rings (SSSR count). The highest BCUT2D eigenvalue weighted by Gasteiger charge is 2.26. The second-order valence-corrected chi connectivity index (χ2v) is 9.45. The van der Waals surface area contributed by atoms with E-state index in [9.17, 15) is 13.2 Å². The van der Waals surface area contributed by atoms with Gasteiger partial charge in [-0.25, -0.2) is 13.2 Å². The lowest BCUT2D eigenvalue weighted by Gasteiger charge is -2.16. The van der Waals surface area contributed by atoms with E-state index in [1.165, 1.54) is 10.4 Å². The van der Waals surface area contributed by atoms with Crippen LogP contribution in [0, 0.1) is 13.8 Å². The lowest BCUT2D eigenvalue weighted by Crippen LogP contribution is -2.27. The number of benzene rings is 2. The fraction of sp³-hybridized carbons (Fsp3) is 0.318. The van der Waals surface area contributed by atoms with Crippen LogP contribution in [0.2, 0.25) is 0 Å². The molecular formula is C22H24N2O4S. The smallest absolute Gasteiger partial charge is 0.336 e. The summed E-state index contributed by atoms with van der Waals surface area (Å²) in [6, 6.07) is 12.2. The molecule has 29 heavy (non-hydrogen) atoms. The Bertz CT molecular complexity index is 1210. The molecule has 1 aliphatic rings. The Labute approximate surface area is 170 Å². The van der Waals surface area contributed by atoms with E-state index in [0.717, 1.165) is 40.6 Å². The predicted molar refractivity (Wildman–Crippen MR) is 114 cm³/mol. The first-order chi connectivity index (χ1) is 13.8. The third kappa shape index (κ3) is 3.93. The Morgan fingerprint density at radius 1 is 1.00 bits per heavy atom. The van der Waals surface area contributed by atoms with E-state index < -0.39 is 10.0 Å². The van der Waals surface area contributed by atoms with Crippen molar-refractivity contribution in [2.45, 2.75) is 38.1 Å². The molecule has 0 saturated carbocycles. The first kappa shape index (κ1) is 19.7. The number of aryl methyl sites for hydroxylation is 2. The van der Waals surface area contributed by atoms with Crippen molar-refractivity contribution in [2.24, 2.45) is 0 Å². The van der Waals surface area contributed by atoms with Gasteiger partial charge >= 0.3 is 5.63 Å². The SMILES string of the molecule is Cc1cc2oc(=O)cc(CNc3ccc(S(=O)(=O)N4CCCC4)cc3)c2cc1C. The van der Waals surface area contributed by atoms with E-state index in [0.29, 0.717) is 30.1 Å². The van der Waals surface area contributed by atoms with Gasteiger partial charge in [0.2, 0.25) is 10.0 Å². The van der Waals surface area contributed by atoms with Crippen molar-refractivity contribution in [2.75, 3.05) is 18.4 Å². The van der Waals surface area contributed by atoms with Gasteiger partial charge in [0.15, 0.2) is 0 Å². The normalized spacial score (nSPS) is 15.1. The number of fused-ring (bicyclic) bond motifs is 1. The summed E-state index contributed by atoms with van der Waals surface area (Å²) in [4.78, 5) is 12.2. The number of sulfonamides is 1. The number of nitrogens with one attached hydrogen (secondary N) is 1. The highest BCUT2D eigenvalue weighted by molar-refractivity contribution is 7.89. The van der Waals surface area contributed by atoms with Gasteiger partial charge in [-0.05, 0) is 79.8 Å². The molecule has 1 fully saturated rings. The Balaban J connectivity index is 1.55. The zero-order valence-corrected chi connectivity index (χ0v) is 17.4. The Hall–Kier alpha value is -2.64. The van der Waals surface area contributed by atoms with Crippen LogP contribution in [-0.2, 0) is 16.6 Å². The Morgan fingerprint density at radius 2 is 1.66 bits per heavy atom. The largest absolute Gasteiger partial charge is 0.423 e. The van der Waals surface area contributed by atoms with Gasteiger partial charge in [0.1, 0.15) is 5.58 Å². The predicted octanol–water partition coefficient (Wildman–Crippen LogP) is 3.81. The molecule has 2 heterocycles. The molecule has 7 heteroatoms. The monoisotopic (exact) mass is 412 g/mol. The molecule has 0 spiro atoms. The molecule has 1 saturated heterocycles. The maximum Gasteiger partial charge on any atom is 0.336 e. The molecule has 0 unspecified atom stereocenters. The first-order valence-corrected chi connectivity index (χ1v) is 11.2. The lowest BCUT2D eigenvalue weighted by atomic mass is 10.0. The zero-order valence-electron chi connectivity index (χ0n) is 16.6. The second kappa shape index (κ2) is 7.65. The van der Waals surface area contributed by atoms with Crippen LogP contribution < -0.4 is 10.9 Å². The molecule has 152 valence electrons. The van der Waals surface area contributed by atoms with Crippen molar-refractivity contribution in [3.05, 3.63) is 69.6 Å². The number of anilines is 1. The van der Waals surface area contributed by atoms with Crippen LogP contribution in [0.15, 0.2) is 56.6 Å².